The molecule has 0 atom stereocenters. The van der Waals surface area contributed by atoms with Gasteiger partial charge in [0.1, 0.15) is 0 Å². The summed E-state index contributed by atoms with van der Waals surface area (Å²) in [6, 6.07) is 3.82. The Balaban J connectivity index is 2.66. The van der Waals surface area contributed by atoms with E-state index in [4.69, 9.17) is 17.3 Å². The Kier molecular flexibility index (Phi) is 3.64. The number of rotatable bonds is 2. The molecule has 0 aliphatic heterocycles. The molecule has 1 heterocycles. The topological polar surface area (TPSA) is 56.7 Å². The highest BCUT2D eigenvalue weighted by Crippen LogP contribution is 2.31. The van der Waals surface area contributed by atoms with Gasteiger partial charge in [0.05, 0.1) is 11.4 Å². The van der Waals surface area contributed by atoms with Gasteiger partial charge in [0.15, 0.2) is 5.82 Å². The van der Waals surface area contributed by atoms with Crippen LogP contribution in [-0.2, 0) is 0 Å². The molecule has 2 N–H and O–H groups in total. The first-order valence-electron chi connectivity index (χ1n) is 5.59. The summed E-state index contributed by atoms with van der Waals surface area (Å²) < 4.78 is 2.64. The fourth-order valence-electron chi connectivity index (χ4n) is 1.82. The number of nitrogens with two attached hydrogens (primary N) is 1. The zero-order chi connectivity index (χ0) is 13.4. The van der Waals surface area contributed by atoms with E-state index >= 15 is 0 Å². The molecule has 18 heavy (non-hydrogen) atoms. The first-order valence-corrected chi connectivity index (χ1v) is 6.76. The van der Waals surface area contributed by atoms with Crippen molar-refractivity contribution in [1.82, 2.24) is 15.0 Å². The summed E-state index contributed by atoms with van der Waals surface area (Å²) in [5.74, 6) is 0.681. The summed E-state index contributed by atoms with van der Waals surface area (Å²) >= 11 is 9.68. The number of nitrogens with zero attached hydrogens (tertiary/aromatic N) is 3. The highest BCUT2D eigenvalue weighted by Gasteiger charge is 2.17. The highest BCUT2D eigenvalue weighted by atomic mass is 79.9. The van der Waals surface area contributed by atoms with Crippen LogP contribution in [0.15, 0.2) is 16.6 Å². The van der Waals surface area contributed by atoms with Gasteiger partial charge < -0.3 is 5.73 Å². The van der Waals surface area contributed by atoms with E-state index in [1.54, 1.807) is 4.68 Å². The maximum atomic E-state index is 6.16. The van der Waals surface area contributed by atoms with Gasteiger partial charge in [-0.3, -0.25) is 0 Å². The number of anilines is 1. The standard InChI is InChI=1S/C12H14BrClN4/c1-6(2)11-12(15)16-17-18(11)10-5-9(14)7(3)4-8(10)13/h4-6H,15H2,1-3H3. The van der Waals surface area contributed by atoms with Gasteiger partial charge in [-0.2, -0.15) is 0 Å². The minimum absolute atomic E-state index is 0.229. The van der Waals surface area contributed by atoms with E-state index in [2.05, 4.69) is 40.1 Å². The molecule has 2 aromatic rings. The van der Waals surface area contributed by atoms with E-state index in [0.717, 1.165) is 21.4 Å². The first-order chi connectivity index (χ1) is 8.41. The van der Waals surface area contributed by atoms with Gasteiger partial charge in [-0.05, 0) is 46.5 Å². The van der Waals surface area contributed by atoms with E-state index in [0.29, 0.717) is 10.8 Å². The predicted molar refractivity (Wildman–Crippen MR) is 77.3 cm³/mol. The molecule has 0 saturated heterocycles. The third-order valence-corrected chi connectivity index (χ3v) is 3.78. The van der Waals surface area contributed by atoms with E-state index in [1.165, 1.54) is 0 Å². The van der Waals surface area contributed by atoms with Crippen LogP contribution in [0.25, 0.3) is 5.69 Å². The lowest BCUT2D eigenvalue weighted by Gasteiger charge is -2.12. The van der Waals surface area contributed by atoms with Crippen molar-refractivity contribution in [2.75, 3.05) is 5.73 Å². The molecular formula is C12H14BrClN4. The van der Waals surface area contributed by atoms with E-state index in [-0.39, 0.29) is 5.92 Å². The summed E-state index contributed by atoms with van der Waals surface area (Å²) in [4.78, 5) is 0. The second kappa shape index (κ2) is 4.90. The largest absolute Gasteiger partial charge is 0.381 e. The number of benzene rings is 1. The molecule has 0 bridgehead atoms. The minimum atomic E-state index is 0.229. The van der Waals surface area contributed by atoms with Crippen molar-refractivity contribution < 1.29 is 0 Å². The van der Waals surface area contributed by atoms with Crippen molar-refractivity contribution in [3.63, 3.8) is 0 Å². The van der Waals surface area contributed by atoms with Gasteiger partial charge >= 0.3 is 0 Å². The van der Waals surface area contributed by atoms with Gasteiger partial charge in [-0.25, -0.2) is 4.68 Å². The summed E-state index contributed by atoms with van der Waals surface area (Å²) in [7, 11) is 0. The zero-order valence-electron chi connectivity index (χ0n) is 10.4. The number of aryl methyl sites for hydroxylation is 1. The maximum absolute atomic E-state index is 6.16. The van der Waals surface area contributed by atoms with Crippen LogP contribution >= 0.6 is 27.5 Å². The number of hydrogen-bond donors (Lipinski definition) is 1. The molecule has 4 nitrogen and oxygen atoms in total. The van der Waals surface area contributed by atoms with E-state index < -0.39 is 0 Å². The minimum Gasteiger partial charge on any atom is -0.381 e. The molecule has 0 unspecified atom stereocenters. The van der Waals surface area contributed by atoms with Crippen LogP contribution in [0.5, 0.6) is 0 Å². The molecule has 0 aliphatic rings. The molecular weight excluding hydrogens is 316 g/mol. The number of aromatic nitrogens is 3. The highest BCUT2D eigenvalue weighted by molar-refractivity contribution is 9.10. The number of hydrogen-bond acceptors (Lipinski definition) is 3. The molecule has 1 aromatic carbocycles. The fraction of sp³-hybridized carbons (Fsp3) is 0.333. The molecule has 96 valence electrons. The van der Waals surface area contributed by atoms with Gasteiger partial charge in [0.25, 0.3) is 0 Å². The Morgan fingerprint density at radius 2 is 2.06 bits per heavy atom. The van der Waals surface area contributed by atoms with Crippen LogP contribution in [0.2, 0.25) is 5.02 Å². The molecule has 0 fully saturated rings. The molecule has 1 aromatic heterocycles. The van der Waals surface area contributed by atoms with E-state index in [1.807, 2.05) is 19.1 Å². The summed E-state index contributed by atoms with van der Waals surface area (Å²) in [5, 5.41) is 8.72. The molecule has 6 heteroatoms. The lowest BCUT2D eigenvalue weighted by atomic mass is 10.1. The molecule has 0 amide bonds. The van der Waals surface area contributed by atoms with Gasteiger partial charge in [0.2, 0.25) is 0 Å². The average molecular weight is 330 g/mol. The van der Waals surface area contributed by atoms with Crippen LogP contribution in [0, 0.1) is 6.92 Å². The summed E-state index contributed by atoms with van der Waals surface area (Å²) in [5.41, 5.74) is 8.59. The fourth-order valence-corrected chi connectivity index (χ4v) is 2.60. The third kappa shape index (κ3) is 2.24. The predicted octanol–water partition coefficient (Wildman–Crippen LogP) is 3.70. The molecule has 0 aliphatic carbocycles. The lowest BCUT2D eigenvalue weighted by Crippen LogP contribution is -2.06. The van der Waals surface area contributed by atoms with Crippen molar-refractivity contribution >= 4 is 33.3 Å². The normalized spacial score (nSPS) is 11.2. The SMILES string of the molecule is Cc1cc(Br)c(-n2nnc(N)c2C(C)C)cc1Cl. The average Bonchev–Trinajstić information content (AvgIpc) is 2.65. The molecule has 0 radical (unpaired) electrons. The van der Waals surface area contributed by atoms with Crippen LogP contribution in [0.4, 0.5) is 5.82 Å². The van der Waals surface area contributed by atoms with Crippen LogP contribution < -0.4 is 5.73 Å². The summed E-state index contributed by atoms with van der Waals surface area (Å²) in [6.45, 7) is 6.06. The maximum Gasteiger partial charge on any atom is 0.169 e. The van der Waals surface area contributed by atoms with Crippen LogP contribution in [0.3, 0.4) is 0 Å². The van der Waals surface area contributed by atoms with Crippen molar-refractivity contribution in [2.45, 2.75) is 26.7 Å². The first kappa shape index (κ1) is 13.4. The second-order valence-corrected chi connectivity index (χ2v) is 5.74. The Morgan fingerprint density at radius 3 is 2.67 bits per heavy atom. The van der Waals surface area contributed by atoms with Crippen LogP contribution in [0.1, 0.15) is 31.0 Å². The zero-order valence-corrected chi connectivity index (χ0v) is 12.7. The Hall–Kier alpha value is -1.07. The van der Waals surface area contributed by atoms with Crippen molar-refractivity contribution in [1.29, 1.82) is 0 Å². The lowest BCUT2D eigenvalue weighted by molar-refractivity contribution is 0.714. The van der Waals surface area contributed by atoms with Crippen LogP contribution in [-0.4, -0.2) is 15.0 Å². The van der Waals surface area contributed by atoms with Crippen molar-refractivity contribution in [2.24, 2.45) is 0 Å². The van der Waals surface area contributed by atoms with Gasteiger partial charge in [0, 0.05) is 9.50 Å². The molecule has 0 saturated carbocycles. The second-order valence-electron chi connectivity index (χ2n) is 4.48. The molecule has 0 spiro atoms. The Labute approximate surface area is 119 Å². The smallest absolute Gasteiger partial charge is 0.169 e. The quantitative estimate of drug-likeness (QED) is 0.914. The number of nitrogen functional groups attached to an aromatic ring is 1. The van der Waals surface area contributed by atoms with Crippen molar-refractivity contribution in [3.8, 4) is 5.69 Å². The number of halogens is 2. The van der Waals surface area contributed by atoms with E-state index in [9.17, 15) is 0 Å². The summed E-state index contributed by atoms with van der Waals surface area (Å²) in [6.07, 6.45) is 0. The Morgan fingerprint density at radius 1 is 1.39 bits per heavy atom. The Bertz CT molecular complexity index is 592. The monoisotopic (exact) mass is 328 g/mol. The molecule has 2 rings (SSSR count). The van der Waals surface area contributed by atoms with Gasteiger partial charge in [-0.15, -0.1) is 5.10 Å². The third-order valence-electron chi connectivity index (χ3n) is 2.74. The van der Waals surface area contributed by atoms with Crippen molar-refractivity contribution in [3.05, 3.63) is 32.9 Å². The van der Waals surface area contributed by atoms with Gasteiger partial charge in [-0.1, -0.05) is 30.7 Å².